The summed E-state index contributed by atoms with van der Waals surface area (Å²) in [4.78, 5) is 77.4. The molecule has 4 aromatic rings. The van der Waals surface area contributed by atoms with Gasteiger partial charge in [0.2, 0.25) is 11.8 Å². The lowest BCUT2D eigenvalue weighted by molar-refractivity contribution is -0.136. The number of carbonyl (C=O) groups excluding carboxylic acids is 5. The second-order valence-electron chi connectivity index (χ2n) is 15.7. The smallest absolute Gasteiger partial charge is 0.261 e. The summed E-state index contributed by atoms with van der Waals surface area (Å²) < 4.78 is 7.66. The van der Waals surface area contributed by atoms with E-state index in [1.807, 2.05) is 36.9 Å². The van der Waals surface area contributed by atoms with Gasteiger partial charge in [0.15, 0.2) is 5.65 Å². The summed E-state index contributed by atoms with van der Waals surface area (Å²) in [5, 5.41) is 9.61. The fourth-order valence-electron chi connectivity index (χ4n) is 9.12. The summed E-state index contributed by atoms with van der Waals surface area (Å²) in [5.74, 6) is -0.731. The van der Waals surface area contributed by atoms with E-state index in [0.717, 1.165) is 68.7 Å². The Hall–Kier alpha value is -5.83. The molecule has 5 aliphatic rings. The van der Waals surface area contributed by atoms with Crippen molar-refractivity contribution < 1.29 is 28.7 Å². The first-order valence-corrected chi connectivity index (χ1v) is 19.6. The van der Waals surface area contributed by atoms with Gasteiger partial charge in [0.25, 0.3) is 17.7 Å². The van der Waals surface area contributed by atoms with Crippen LogP contribution >= 0.6 is 0 Å². The van der Waals surface area contributed by atoms with E-state index < -0.39 is 11.9 Å². The Kier molecular flexibility index (Phi) is 9.18. The van der Waals surface area contributed by atoms with Crippen LogP contribution in [0, 0.1) is 0 Å². The van der Waals surface area contributed by atoms with Crippen LogP contribution in [0.5, 0.6) is 5.75 Å². The van der Waals surface area contributed by atoms with Gasteiger partial charge in [0.05, 0.1) is 18.0 Å². The normalized spacial score (nSPS) is 22.8. The maximum Gasteiger partial charge on any atom is 0.261 e. The molecule has 1 aliphatic carbocycles. The molecule has 1 saturated carbocycles. The van der Waals surface area contributed by atoms with E-state index in [2.05, 4.69) is 36.6 Å². The minimum absolute atomic E-state index is 0.00616. The molecule has 15 nitrogen and oxygen atoms in total. The van der Waals surface area contributed by atoms with Crippen LogP contribution in [-0.4, -0.2) is 109 Å². The minimum atomic E-state index is -0.619. The third kappa shape index (κ3) is 6.52. The molecular weight excluding hydrogens is 715 g/mol. The molecule has 0 bridgehead atoms. The van der Waals surface area contributed by atoms with E-state index in [-0.39, 0.29) is 42.2 Å². The molecule has 1 atom stereocenters. The largest absolute Gasteiger partial charge is 0.489 e. The Balaban J connectivity index is 0.803. The lowest BCUT2D eigenvalue weighted by Crippen LogP contribution is -2.52. The van der Waals surface area contributed by atoms with E-state index in [1.165, 1.54) is 6.20 Å². The highest BCUT2D eigenvalue weighted by Crippen LogP contribution is 2.38. The number of nitrogens with one attached hydrogen (secondary N) is 2. The summed E-state index contributed by atoms with van der Waals surface area (Å²) in [7, 11) is 0. The molecule has 2 aromatic carbocycles. The van der Waals surface area contributed by atoms with Gasteiger partial charge >= 0.3 is 0 Å². The van der Waals surface area contributed by atoms with Crippen molar-refractivity contribution in [3.8, 4) is 5.75 Å². The van der Waals surface area contributed by atoms with Crippen LogP contribution < -0.4 is 20.3 Å². The van der Waals surface area contributed by atoms with Crippen molar-refractivity contribution in [3.63, 3.8) is 0 Å². The van der Waals surface area contributed by atoms with Crippen molar-refractivity contribution in [3.05, 3.63) is 82.8 Å². The van der Waals surface area contributed by atoms with Gasteiger partial charge < -0.3 is 24.8 Å². The second-order valence-corrected chi connectivity index (χ2v) is 15.7. The van der Waals surface area contributed by atoms with Crippen LogP contribution in [0.2, 0.25) is 0 Å². The SMILES string of the molecule is CC(C)Oc1cc2c(cc1NC(=O)c1cnn3cccnc13)CN([C@H]1CC[C@H](N3CCN(c4ccc5c(c4)CN(C4CCC(=O)NC4=O)C5=O)CC3)CC1)C2=O. The third-order valence-corrected chi connectivity index (χ3v) is 12.0. The highest BCUT2D eigenvalue weighted by Gasteiger charge is 2.40. The average molecular weight is 760 g/mol. The van der Waals surface area contributed by atoms with Crippen LogP contribution in [0.3, 0.4) is 0 Å². The summed E-state index contributed by atoms with van der Waals surface area (Å²) in [6, 6.07) is 11.3. The lowest BCUT2D eigenvalue weighted by atomic mass is 9.89. The van der Waals surface area contributed by atoms with Crippen LogP contribution in [0.15, 0.2) is 55.0 Å². The molecule has 290 valence electrons. The van der Waals surface area contributed by atoms with E-state index in [0.29, 0.717) is 59.3 Å². The van der Waals surface area contributed by atoms with Crippen molar-refractivity contribution in [1.29, 1.82) is 0 Å². The number of amides is 5. The van der Waals surface area contributed by atoms with Crippen LogP contribution in [-0.2, 0) is 22.7 Å². The lowest BCUT2D eigenvalue weighted by Gasteiger charge is -2.43. The van der Waals surface area contributed by atoms with Gasteiger partial charge in [0.1, 0.15) is 17.4 Å². The molecule has 4 aliphatic heterocycles. The third-order valence-electron chi connectivity index (χ3n) is 12.0. The number of aromatic nitrogens is 3. The number of hydrogen-bond acceptors (Lipinski definition) is 10. The number of anilines is 2. The number of piperidine rings is 1. The number of ether oxygens (including phenoxy) is 1. The summed E-state index contributed by atoms with van der Waals surface area (Å²) in [6.45, 7) is 8.29. The zero-order valence-corrected chi connectivity index (χ0v) is 31.6. The summed E-state index contributed by atoms with van der Waals surface area (Å²) in [5.41, 5.74) is 5.43. The monoisotopic (exact) mass is 759 g/mol. The van der Waals surface area contributed by atoms with Gasteiger partial charge in [-0.25, -0.2) is 9.50 Å². The van der Waals surface area contributed by atoms with E-state index >= 15 is 0 Å². The molecule has 6 heterocycles. The van der Waals surface area contributed by atoms with Crippen LogP contribution in [0.1, 0.15) is 94.6 Å². The highest BCUT2D eigenvalue weighted by atomic mass is 16.5. The molecule has 0 spiro atoms. The zero-order valence-electron chi connectivity index (χ0n) is 31.6. The predicted octanol–water partition coefficient (Wildman–Crippen LogP) is 3.62. The summed E-state index contributed by atoms with van der Waals surface area (Å²) in [6.07, 6.45) is 9.15. The van der Waals surface area contributed by atoms with Gasteiger partial charge in [-0.3, -0.25) is 34.2 Å². The Bertz CT molecular complexity index is 2250. The minimum Gasteiger partial charge on any atom is -0.489 e. The standard InChI is InChI=1S/C41H45N9O6/c1-24(2)56-35-20-31-26(19-33(35)44-38(52)32-21-43-50-13-3-12-42-37(32)50)22-48(41(31)55)28-6-4-27(5-7-28)46-14-16-47(17-15-46)29-8-9-30-25(18-29)23-49(40(30)54)34-10-11-36(51)45-39(34)53/h3,8-9,12-13,18-21,24,27-28,34H,4-7,10-11,14-17,22-23H2,1-2H3,(H,44,52)(H,45,51,53)/t27-,28-,34?. The molecule has 5 amide bonds. The fourth-order valence-corrected chi connectivity index (χ4v) is 9.12. The maximum atomic E-state index is 13.9. The topological polar surface area (TPSA) is 162 Å². The Morgan fingerprint density at radius 2 is 1.61 bits per heavy atom. The fraction of sp³-hybridized carbons (Fsp3) is 0.439. The average Bonchev–Trinajstić information content (AvgIpc) is 3.87. The van der Waals surface area contributed by atoms with Gasteiger partial charge in [-0.1, -0.05) is 0 Å². The summed E-state index contributed by atoms with van der Waals surface area (Å²) >= 11 is 0. The number of carbonyl (C=O) groups is 5. The van der Waals surface area contributed by atoms with Gasteiger partial charge in [-0.2, -0.15) is 5.10 Å². The van der Waals surface area contributed by atoms with Crippen molar-refractivity contribution in [2.75, 3.05) is 36.4 Å². The molecule has 2 N–H and O–H groups in total. The van der Waals surface area contributed by atoms with Crippen LogP contribution in [0.25, 0.3) is 5.65 Å². The highest BCUT2D eigenvalue weighted by molar-refractivity contribution is 6.09. The van der Waals surface area contributed by atoms with E-state index in [4.69, 9.17) is 4.74 Å². The number of piperazine rings is 1. The molecular formula is C41H45N9O6. The number of hydrogen-bond donors (Lipinski definition) is 2. The molecule has 1 unspecified atom stereocenters. The first-order chi connectivity index (χ1) is 27.1. The number of nitrogens with zero attached hydrogens (tertiary/aromatic N) is 7. The quantitative estimate of drug-likeness (QED) is 0.254. The van der Waals surface area contributed by atoms with Crippen molar-refractivity contribution in [1.82, 2.24) is 34.6 Å². The molecule has 56 heavy (non-hydrogen) atoms. The molecule has 2 aromatic heterocycles. The second kappa shape index (κ2) is 14.3. The number of benzene rings is 2. The molecule has 0 radical (unpaired) electrons. The van der Waals surface area contributed by atoms with Crippen molar-refractivity contribution in [2.24, 2.45) is 0 Å². The van der Waals surface area contributed by atoms with Crippen LogP contribution in [0.4, 0.5) is 11.4 Å². The van der Waals surface area contributed by atoms with Crippen molar-refractivity contribution in [2.45, 2.75) is 89.7 Å². The predicted molar refractivity (Wildman–Crippen MR) is 205 cm³/mol. The first-order valence-electron chi connectivity index (χ1n) is 19.6. The zero-order chi connectivity index (χ0) is 38.7. The Morgan fingerprint density at radius 3 is 2.38 bits per heavy atom. The van der Waals surface area contributed by atoms with Gasteiger partial charge in [-0.05, 0) is 93.5 Å². The first kappa shape index (κ1) is 35.8. The number of rotatable bonds is 8. The van der Waals surface area contributed by atoms with E-state index in [1.54, 1.807) is 33.9 Å². The Labute approximate surface area is 323 Å². The molecule has 3 fully saturated rings. The number of fused-ring (bicyclic) bond motifs is 3. The molecule has 2 saturated heterocycles. The Morgan fingerprint density at radius 1 is 0.875 bits per heavy atom. The number of imide groups is 1. The molecule has 9 rings (SSSR count). The van der Waals surface area contributed by atoms with E-state index in [9.17, 15) is 24.0 Å². The van der Waals surface area contributed by atoms with Gasteiger partial charge in [-0.15, -0.1) is 0 Å². The van der Waals surface area contributed by atoms with Gasteiger partial charge in [0, 0.05) is 87.0 Å². The molecule has 15 heteroatoms. The maximum absolute atomic E-state index is 13.9. The van der Waals surface area contributed by atoms with Crippen molar-refractivity contribution >= 4 is 46.6 Å².